The van der Waals surface area contributed by atoms with E-state index in [1.807, 2.05) is 0 Å². The van der Waals surface area contributed by atoms with Gasteiger partial charge >= 0.3 is 5.63 Å². The fraction of sp³-hybridized carbons (Fsp3) is 0.312. The molecule has 3 rings (SSSR count). The molecule has 3 heterocycles. The second kappa shape index (κ2) is 5.75. The molecule has 0 N–H and O–H groups in total. The van der Waals surface area contributed by atoms with Gasteiger partial charge in [-0.05, 0) is 19.1 Å². The van der Waals surface area contributed by atoms with Crippen molar-refractivity contribution in [3.8, 4) is 5.75 Å². The van der Waals surface area contributed by atoms with Crippen LogP contribution in [0.15, 0.2) is 44.5 Å². The summed E-state index contributed by atoms with van der Waals surface area (Å²) in [6.07, 6.45) is 1.40. The van der Waals surface area contributed by atoms with E-state index in [1.54, 1.807) is 37.2 Å². The summed E-state index contributed by atoms with van der Waals surface area (Å²) in [5.74, 6) is 0.578. The van der Waals surface area contributed by atoms with Crippen LogP contribution in [0.5, 0.6) is 5.75 Å². The Labute approximate surface area is 131 Å². The van der Waals surface area contributed by atoms with E-state index in [0.717, 1.165) is 0 Å². The minimum absolute atomic E-state index is 0.143. The molecule has 23 heavy (non-hydrogen) atoms. The number of hydrogen-bond acceptors (Lipinski definition) is 5. The lowest BCUT2D eigenvalue weighted by atomic mass is 10.1. The Morgan fingerprint density at radius 1 is 1.30 bits per heavy atom. The molecule has 0 spiro atoms. The molecule has 7 nitrogen and oxygen atoms in total. The quantitative estimate of drug-likeness (QED) is 0.826. The first-order chi connectivity index (χ1) is 10.9. The minimum atomic E-state index is -0.472. The van der Waals surface area contributed by atoms with E-state index in [-0.39, 0.29) is 23.1 Å². The minimum Gasteiger partial charge on any atom is -0.486 e. The molecular weight excluding hydrogens is 300 g/mol. The van der Waals surface area contributed by atoms with Crippen LogP contribution in [0.1, 0.15) is 16.1 Å². The molecule has 2 aromatic heterocycles. The van der Waals surface area contributed by atoms with Gasteiger partial charge in [-0.15, -0.1) is 0 Å². The average molecular weight is 316 g/mol. The number of hydrogen-bond donors (Lipinski definition) is 0. The molecule has 1 saturated heterocycles. The van der Waals surface area contributed by atoms with Gasteiger partial charge in [0.2, 0.25) is 0 Å². The molecule has 1 amide bonds. The van der Waals surface area contributed by atoms with Crippen LogP contribution in [0.3, 0.4) is 0 Å². The molecule has 1 aliphatic rings. The first-order valence-corrected chi connectivity index (χ1v) is 7.17. The van der Waals surface area contributed by atoms with Crippen LogP contribution in [0, 0.1) is 6.92 Å². The van der Waals surface area contributed by atoms with Crippen molar-refractivity contribution >= 4 is 5.91 Å². The van der Waals surface area contributed by atoms with Crippen LogP contribution in [0.4, 0.5) is 0 Å². The molecule has 1 aliphatic heterocycles. The second-order valence-electron chi connectivity index (χ2n) is 5.51. The molecule has 2 aromatic rings. The maximum Gasteiger partial charge on any atom is 0.339 e. The standard InChI is InChI=1S/C16H16N2O5/c1-10-6-11(7-14(19)22-10)23-12-8-18(9-12)16(21)13-4-3-5-17(2)15(13)20/h3-7,12H,8-9H2,1-2H3. The lowest BCUT2D eigenvalue weighted by Crippen LogP contribution is -2.57. The molecule has 0 bridgehead atoms. The smallest absolute Gasteiger partial charge is 0.339 e. The summed E-state index contributed by atoms with van der Waals surface area (Å²) < 4.78 is 11.9. The summed E-state index contributed by atoms with van der Waals surface area (Å²) in [5, 5.41) is 0. The van der Waals surface area contributed by atoms with Gasteiger partial charge in [0.15, 0.2) is 0 Å². The van der Waals surface area contributed by atoms with Gasteiger partial charge in [0.05, 0.1) is 19.2 Å². The summed E-state index contributed by atoms with van der Waals surface area (Å²) in [4.78, 5) is 37.1. The molecule has 0 radical (unpaired) electrons. The molecule has 0 saturated carbocycles. The Morgan fingerprint density at radius 2 is 2.04 bits per heavy atom. The van der Waals surface area contributed by atoms with Gasteiger partial charge in [0.1, 0.15) is 23.2 Å². The summed E-state index contributed by atoms with van der Waals surface area (Å²) in [6.45, 7) is 2.41. The molecule has 0 unspecified atom stereocenters. The van der Waals surface area contributed by atoms with Crippen LogP contribution in [0.2, 0.25) is 0 Å². The normalized spacial score (nSPS) is 14.4. The fourth-order valence-electron chi connectivity index (χ4n) is 2.45. The number of likely N-dealkylation sites (tertiary alicyclic amines) is 1. The number of aryl methyl sites for hydroxylation is 2. The SMILES string of the molecule is Cc1cc(OC2CN(C(=O)c3cccn(C)c3=O)C2)cc(=O)o1. The lowest BCUT2D eigenvalue weighted by Gasteiger charge is -2.38. The monoisotopic (exact) mass is 316 g/mol. The van der Waals surface area contributed by atoms with Crippen molar-refractivity contribution < 1.29 is 13.9 Å². The van der Waals surface area contributed by atoms with Crippen LogP contribution in [0.25, 0.3) is 0 Å². The van der Waals surface area contributed by atoms with Crippen molar-refractivity contribution in [1.82, 2.24) is 9.47 Å². The van der Waals surface area contributed by atoms with E-state index in [0.29, 0.717) is 24.6 Å². The Bertz CT molecular complexity index is 861. The van der Waals surface area contributed by atoms with Crippen LogP contribution in [-0.2, 0) is 7.05 Å². The topological polar surface area (TPSA) is 81.8 Å². The third-order valence-corrected chi connectivity index (χ3v) is 3.66. The van der Waals surface area contributed by atoms with Gasteiger partial charge in [-0.1, -0.05) is 0 Å². The highest BCUT2D eigenvalue weighted by Crippen LogP contribution is 2.19. The number of carbonyl (C=O) groups excluding carboxylic acids is 1. The van der Waals surface area contributed by atoms with Gasteiger partial charge in [-0.25, -0.2) is 4.79 Å². The summed E-state index contributed by atoms with van der Waals surface area (Å²) in [5.41, 5.74) is -0.650. The van der Waals surface area contributed by atoms with Gasteiger partial charge in [-0.2, -0.15) is 0 Å². The molecule has 0 aromatic carbocycles. The van der Waals surface area contributed by atoms with Crippen LogP contribution in [-0.4, -0.2) is 34.6 Å². The van der Waals surface area contributed by atoms with Crippen molar-refractivity contribution in [2.24, 2.45) is 7.05 Å². The summed E-state index contributed by atoms with van der Waals surface area (Å²) in [7, 11) is 1.60. The number of aromatic nitrogens is 1. The van der Waals surface area contributed by atoms with Crippen LogP contribution >= 0.6 is 0 Å². The predicted octanol–water partition coefficient (Wildman–Crippen LogP) is 0.550. The van der Waals surface area contributed by atoms with E-state index in [1.165, 1.54) is 16.7 Å². The highest BCUT2D eigenvalue weighted by molar-refractivity contribution is 5.94. The van der Waals surface area contributed by atoms with Gasteiger partial charge in [0, 0.05) is 19.3 Å². The summed E-state index contributed by atoms with van der Waals surface area (Å²) in [6, 6.07) is 6.07. The van der Waals surface area contributed by atoms with Crippen molar-refractivity contribution in [3.63, 3.8) is 0 Å². The largest absolute Gasteiger partial charge is 0.486 e. The average Bonchev–Trinajstić information content (AvgIpc) is 2.43. The van der Waals surface area contributed by atoms with E-state index in [2.05, 4.69) is 0 Å². The Hall–Kier alpha value is -2.83. The van der Waals surface area contributed by atoms with E-state index >= 15 is 0 Å². The number of ether oxygens (including phenoxy) is 1. The second-order valence-corrected chi connectivity index (χ2v) is 5.51. The fourth-order valence-corrected chi connectivity index (χ4v) is 2.45. The molecule has 7 heteroatoms. The third kappa shape index (κ3) is 3.03. The first-order valence-electron chi connectivity index (χ1n) is 7.17. The predicted molar refractivity (Wildman–Crippen MR) is 81.7 cm³/mol. The number of nitrogens with zero attached hydrogens (tertiary/aromatic N) is 2. The van der Waals surface area contributed by atoms with Crippen molar-refractivity contribution in [1.29, 1.82) is 0 Å². The number of carbonyl (C=O) groups is 1. The maximum absolute atomic E-state index is 12.3. The zero-order chi connectivity index (χ0) is 16.6. The highest BCUT2D eigenvalue weighted by Gasteiger charge is 2.34. The molecule has 1 fully saturated rings. The van der Waals surface area contributed by atoms with E-state index in [9.17, 15) is 14.4 Å². The summed E-state index contributed by atoms with van der Waals surface area (Å²) >= 11 is 0. The zero-order valence-corrected chi connectivity index (χ0v) is 12.8. The third-order valence-electron chi connectivity index (χ3n) is 3.66. The Balaban J connectivity index is 1.65. The molecule has 120 valence electrons. The number of amides is 1. The molecule has 0 aliphatic carbocycles. The van der Waals surface area contributed by atoms with Gasteiger partial charge in [0.25, 0.3) is 11.5 Å². The number of pyridine rings is 1. The van der Waals surface area contributed by atoms with Gasteiger partial charge < -0.3 is 18.6 Å². The molecule has 0 atom stereocenters. The van der Waals surface area contributed by atoms with E-state index in [4.69, 9.17) is 9.15 Å². The maximum atomic E-state index is 12.3. The van der Waals surface area contributed by atoms with Crippen molar-refractivity contribution in [2.75, 3.05) is 13.1 Å². The lowest BCUT2D eigenvalue weighted by molar-refractivity contribution is 0.0173. The first kappa shape index (κ1) is 15.1. The Morgan fingerprint density at radius 3 is 2.74 bits per heavy atom. The number of rotatable bonds is 3. The van der Waals surface area contributed by atoms with Crippen LogP contribution < -0.4 is 15.9 Å². The van der Waals surface area contributed by atoms with Crippen molar-refractivity contribution in [3.05, 3.63) is 62.6 Å². The zero-order valence-electron chi connectivity index (χ0n) is 12.8. The van der Waals surface area contributed by atoms with E-state index < -0.39 is 5.63 Å². The van der Waals surface area contributed by atoms with Crippen molar-refractivity contribution in [2.45, 2.75) is 13.0 Å². The molecular formula is C16H16N2O5. The Kier molecular flexibility index (Phi) is 3.77. The highest BCUT2D eigenvalue weighted by atomic mass is 16.5. The van der Waals surface area contributed by atoms with Gasteiger partial charge in [-0.3, -0.25) is 9.59 Å².